The molecule has 0 radical (unpaired) electrons. The molecular formula is C67H116O12. The van der Waals surface area contributed by atoms with Crippen LogP contribution in [0.25, 0.3) is 0 Å². The molecule has 1 fully saturated rings. The smallest absolute Gasteiger partial charge is 0.335 e. The fourth-order valence-corrected chi connectivity index (χ4v) is 9.61. The van der Waals surface area contributed by atoms with Crippen molar-refractivity contribution in [1.29, 1.82) is 0 Å². The van der Waals surface area contributed by atoms with Crippen LogP contribution in [0, 0.1) is 0 Å². The maximum absolute atomic E-state index is 13.2. The van der Waals surface area contributed by atoms with E-state index in [1.165, 1.54) is 109 Å². The molecule has 0 aromatic rings. The summed E-state index contributed by atoms with van der Waals surface area (Å²) in [5.41, 5.74) is 0. The Kier molecular flexibility index (Phi) is 51.1. The van der Waals surface area contributed by atoms with E-state index in [0.717, 1.165) is 122 Å². The van der Waals surface area contributed by atoms with Gasteiger partial charge in [0.1, 0.15) is 18.8 Å². The van der Waals surface area contributed by atoms with E-state index in [1.807, 2.05) is 0 Å². The second kappa shape index (κ2) is 55.0. The maximum atomic E-state index is 13.2. The van der Waals surface area contributed by atoms with Crippen LogP contribution in [0.4, 0.5) is 0 Å². The summed E-state index contributed by atoms with van der Waals surface area (Å²) in [5, 5.41) is 31.6. The molecule has 6 unspecified atom stereocenters. The number of allylic oxidation sites excluding steroid dienone is 10. The van der Waals surface area contributed by atoms with Crippen molar-refractivity contribution in [1.82, 2.24) is 0 Å². The zero-order chi connectivity index (χ0) is 57.5. The molecule has 0 aromatic carbocycles. The fraction of sp³-hybridized carbons (Fsp3) is 0.791. The minimum atomic E-state index is -1.91. The highest BCUT2D eigenvalue weighted by Gasteiger charge is 2.50. The second-order valence-electron chi connectivity index (χ2n) is 22.0. The number of ether oxygens (including phenoxy) is 5. The largest absolute Gasteiger partial charge is 0.479 e. The van der Waals surface area contributed by atoms with E-state index in [1.54, 1.807) is 0 Å². The average Bonchev–Trinajstić information content (AvgIpc) is 3.47. The third-order valence-electron chi connectivity index (χ3n) is 14.5. The van der Waals surface area contributed by atoms with E-state index >= 15 is 0 Å². The molecule has 3 N–H and O–H groups in total. The summed E-state index contributed by atoms with van der Waals surface area (Å²) in [6, 6.07) is 0. The predicted octanol–water partition coefficient (Wildman–Crippen LogP) is 17.1. The lowest BCUT2D eigenvalue weighted by atomic mass is 9.98. The molecule has 6 atom stereocenters. The highest BCUT2D eigenvalue weighted by atomic mass is 16.7. The van der Waals surface area contributed by atoms with Gasteiger partial charge in [-0.25, -0.2) is 4.79 Å². The Morgan fingerprint density at radius 2 is 0.797 bits per heavy atom. The number of carboxylic acid groups (broad SMARTS) is 1. The van der Waals surface area contributed by atoms with Crippen molar-refractivity contribution in [2.75, 3.05) is 13.2 Å². The zero-order valence-electron chi connectivity index (χ0n) is 50.4. The Bertz CT molecular complexity index is 1600. The molecule has 1 aliphatic heterocycles. The second-order valence-corrected chi connectivity index (χ2v) is 22.0. The lowest BCUT2D eigenvalue weighted by Gasteiger charge is -2.40. The number of carbonyl (C=O) groups is 4. The molecule has 1 heterocycles. The van der Waals surface area contributed by atoms with Gasteiger partial charge in [0, 0.05) is 19.3 Å². The van der Waals surface area contributed by atoms with E-state index in [0.29, 0.717) is 19.3 Å². The molecule has 1 aliphatic rings. The summed E-state index contributed by atoms with van der Waals surface area (Å²) >= 11 is 0. The standard InChI is InChI=1S/C67H116O12/c1-4-7-10-13-16-19-22-25-27-29-30-32-34-37-40-43-46-49-52-55-61(70)78-65-63(72)62(71)64(66(73)74)79-67(65)76-57-58(77-60(69)54-51-48-45-42-39-35-24-21-18-15-12-9-6-3)56-75-59(68)53-50-47-44-41-38-36-33-31-28-26-23-20-17-14-11-8-5-2/h8,11,17,20-21,24-28,58,62-65,67,71-72H,4-7,9-10,12-16,18-19,22-23,29-57H2,1-3H3,(H,73,74)/b11-8-,20-17-,24-21-,27-25-,28-26-. The normalized spacial score (nSPS) is 18.2. The summed E-state index contributed by atoms with van der Waals surface area (Å²) < 4.78 is 28.5. The quantitative estimate of drug-likeness (QED) is 0.0228. The molecule has 0 amide bonds. The summed E-state index contributed by atoms with van der Waals surface area (Å²) in [5.74, 6) is -3.13. The number of unbranched alkanes of at least 4 members (excludes halogenated alkanes) is 31. The zero-order valence-corrected chi connectivity index (χ0v) is 50.4. The predicted molar refractivity (Wildman–Crippen MR) is 322 cm³/mol. The number of aliphatic hydroxyl groups is 2. The molecule has 0 aromatic heterocycles. The van der Waals surface area contributed by atoms with Gasteiger partial charge in [-0.15, -0.1) is 0 Å². The molecule has 1 saturated heterocycles. The highest BCUT2D eigenvalue weighted by molar-refractivity contribution is 5.74. The third-order valence-corrected chi connectivity index (χ3v) is 14.5. The van der Waals surface area contributed by atoms with Crippen LogP contribution in [0.3, 0.4) is 0 Å². The maximum Gasteiger partial charge on any atom is 0.335 e. The van der Waals surface area contributed by atoms with Gasteiger partial charge >= 0.3 is 23.9 Å². The first-order valence-electron chi connectivity index (χ1n) is 32.3. The lowest BCUT2D eigenvalue weighted by molar-refractivity contribution is -0.301. The Hall–Kier alpha value is -3.58. The number of aliphatic carboxylic acids is 1. The Morgan fingerprint density at radius 1 is 0.430 bits per heavy atom. The van der Waals surface area contributed by atoms with Gasteiger partial charge in [-0.2, -0.15) is 0 Å². The first-order valence-corrected chi connectivity index (χ1v) is 32.3. The lowest BCUT2D eigenvalue weighted by Crippen LogP contribution is -2.61. The van der Waals surface area contributed by atoms with Gasteiger partial charge in [0.2, 0.25) is 0 Å². The van der Waals surface area contributed by atoms with Crippen LogP contribution < -0.4 is 0 Å². The molecule has 1 rings (SSSR count). The molecule has 12 nitrogen and oxygen atoms in total. The number of esters is 3. The molecule has 79 heavy (non-hydrogen) atoms. The van der Waals surface area contributed by atoms with Crippen molar-refractivity contribution in [3.8, 4) is 0 Å². The van der Waals surface area contributed by atoms with E-state index in [-0.39, 0.29) is 25.9 Å². The van der Waals surface area contributed by atoms with Crippen molar-refractivity contribution < 1.29 is 58.2 Å². The topological polar surface area (TPSA) is 175 Å². The first kappa shape index (κ1) is 73.4. The Morgan fingerprint density at radius 3 is 1.24 bits per heavy atom. The molecule has 0 aliphatic carbocycles. The van der Waals surface area contributed by atoms with Gasteiger partial charge in [0.25, 0.3) is 0 Å². The minimum absolute atomic E-state index is 0.0570. The first-order chi connectivity index (χ1) is 38.6. The number of carbonyl (C=O) groups excluding carboxylic acids is 3. The van der Waals surface area contributed by atoms with Crippen LogP contribution in [0.1, 0.15) is 290 Å². The summed E-state index contributed by atoms with van der Waals surface area (Å²) in [7, 11) is 0. The number of aliphatic hydroxyl groups excluding tert-OH is 2. The number of hydrogen-bond donors (Lipinski definition) is 3. The number of carboxylic acids is 1. The molecule has 456 valence electrons. The monoisotopic (exact) mass is 1110 g/mol. The molecular weight excluding hydrogens is 997 g/mol. The van der Waals surface area contributed by atoms with Gasteiger partial charge < -0.3 is 39.0 Å². The van der Waals surface area contributed by atoms with Crippen LogP contribution in [-0.4, -0.2) is 89.2 Å². The Balaban J connectivity index is 2.64. The highest BCUT2D eigenvalue weighted by Crippen LogP contribution is 2.27. The van der Waals surface area contributed by atoms with E-state index in [4.69, 9.17) is 23.7 Å². The van der Waals surface area contributed by atoms with Gasteiger partial charge in [-0.1, -0.05) is 229 Å². The van der Waals surface area contributed by atoms with Crippen LogP contribution in [-0.2, 0) is 42.9 Å². The van der Waals surface area contributed by atoms with Crippen LogP contribution in [0.15, 0.2) is 60.8 Å². The Labute approximate surface area is 481 Å². The van der Waals surface area contributed by atoms with Crippen LogP contribution in [0.2, 0.25) is 0 Å². The summed E-state index contributed by atoms with van der Waals surface area (Å²) in [6.45, 7) is 5.88. The van der Waals surface area contributed by atoms with Crippen molar-refractivity contribution in [2.24, 2.45) is 0 Å². The van der Waals surface area contributed by atoms with Crippen molar-refractivity contribution in [2.45, 2.75) is 327 Å². The molecule has 12 heteroatoms. The number of hydrogen-bond acceptors (Lipinski definition) is 11. The minimum Gasteiger partial charge on any atom is -0.479 e. The van der Waals surface area contributed by atoms with Gasteiger partial charge in [-0.3, -0.25) is 14.4 Å². The third kappa shape index (κ3) is 44.7. The van der Waals surface area contributed by atoms with Crippen LogP contribution in [0.5, 0.6) is 0 Å². The van der Waals surface area contributed by atoms with E-state index in [2.05, 4.69) is 81.5 Å². The fourth-order valence-electron chi connectivity index (χ4n) is 9.61. The molecule has 0 saturated carbocycles. The van der Waals surface area contributed by atoms with Crippen molar-refractivity contribution >= 4 is 23.9 Å². The van der Waals surface area contributed by atoms with E-state index in [9.17, 15) is 34.5 Å². The van der Waals surface area contributed by atoms with Gasteiger partial charge in [0.05, 0.1) is 6.61 Å². The van der Waals surface area contributed by atoms with Gasteiger partial charge in [0.15, 0.2) is 24.6 Å². The van der Waals surface area contributed by atoms with E-state index < -0.39 is 67.3 Å². The summed E-state index contributed by atoms with van der Waals surface area (Å²) in [6.07, 6.45) is 56.1. The van der Waals surface area contributed by atoms with Crippen molar-refractivity contribution in [3.63, 3.8) is 0 Å². The average molecular weight is 1110 g/mol. The van der Waals surface area contributed by atoms with Gasteiger partial charge in [-0.05, 0) is 103 Å². The van der Waals surface area contributed by atoms with Crippen LogP contribution >= 0.6 is 0 Å². The van der Waals surface area contributed by atoms with Crippen molar-refractivity contribution in [3.05, 3.63) is 60.8 Å². The molecule has 0 spiro atoms. The SMILES string of the molecule is CC/C=C\C/C=C\C/C=C\CCCCCCCCCC(=O)OCC(COC1OC(C(=O)O)C(O)C(O)C1OC(=O)CCCCCCCCCCC/C=C\CCCCCCCC)OC(=O)CCCCCCC/C=C\CCCCCC. The number of rotatable bonds is 55. The summed E-state index contributed by atoms with van der Waals surface area (Å²) in [4.78, 5) is 51.3. The molecule has 0 bridgehead atoms.